The van der Waals surface area contributed by atoms with Crippen LogP contribution in [0.25, 0.3) is 11.0 Å². The van der Waals surface area contributed by atoms with E-state index in [1.54, 1.807) is 31.7 Å². The van der Waals surface area contributed by atoms with Crippen LogP contribution in [0.15, 0.2) is 18.6 Å². The van der Waals surface area contributed by atoms with Gasteiger partial charge >= 0.3 is 18.1 Å². The second-order valence-electron chi connectivity index (χ2n) is 12.5. The number of carbonyl (C=O) groups excluding carboxylic acids is 5. The Bertz CT molecular complexity index is 1480. The molecule has 3 rings (SSSR count). The molecule has 16 nitrogen and oxygen atoms in total. The number of esters is 1. The Hall–Kier alpha value is -4.94. The molecule has 0 radical (unpaired) electrons. The van der Waals surface area contributed by atoms with Crippen LogP contribution in [-0.2, 0) is 23.9 Å². The number of methoxy groups -OCH3 is 1. The number of anilines is 1. The van der Waals surface area contributed by atoms with Crippen molar-refractivity contribution in [2.75, 3.05) is 45.2 Å². The zero-order chi connectivity index (χ0) is 34.7. The molecule has 0 bridgehead atoms. The number of nitriles is 1. The van der Waals surface area contributed by atoms with Gasteiger partial charge < -0.3 is 35.2 Å². The molecule has 1 fully saturated rings. The molecule has 16 heteroatoms. The van der Waals surface area contributed by atoms with Gasteiger partial charge in [-0.2, -0.15) is 5.26 Å². The summed E-state index contributed by atoms with van der Waals surface area (Å²) in [5.74, 6) is -0.605. The monoisotopic (exact) mass is 655 g/mol. The van der Waals surface area contributed by atoms with Crippen molar-refractivity contribution >= 4 is 46.8 Å². The molecule has 3 atom stereocenters. The van der Waals surface area contributed by atoms with Gasteiger partial charge in [0.1, 0.15) is 30.2 Å². The first-order chi connectivity index (χ1) is 22.2. The first kappa shape index (κ1) is 36.5. The summed E-state index contributed by atoms with van der Waals surface area (Å²) in [6.07, 6.45) is 4.25. The summed E-state index contributed by atoms with van der Waals surface area (Å²) in [5.41, 5.74) is -0.283. The van der Waals surface area contributed by atoms with Crippen LogP contribution in [0.1, 0.15) is 59.8 Å². The summed E-state index contributed by atoms with van der Waals surface area (Å²) >= 11 is 0. The summed E-state index contributed by atoms with van der Waals surface area (Å²) in [4.78, 5) is 74.7. The molecule has 0 aromatic carbocycles. The van der Waals surface area contributed by atoms with Gasteiger partial charge in [-0.05, 0) is 58.4 Å². The number of amides is 4. The van der Waals surface area contributed by atoms with Gasteiger partial charge in [0.2, 0.25) is 11.8 Å². The van der Waals surface area contributed by atoms with Gasteiger partial charge in [-0.3, -0.25) is 14.2 Å². The van der Waals surface area contributed by atoms with Crippen LogP contribution in [0.4, 0.5) is 15.4 Å². The number of likely N-dealkylation sites (tertiary alicyclic amines) is 1. The number of nitrogens with one attached hydrogen (secondary N) is 3. The van der Waals surface area contributed by atoms with Crippen LogP contribution < -0.4 is 20.9 Å². The number of fused-ring (bicyclic) bond motifs is 1. The largest absolute Gasteiger partial charge is 0.467 e. The molecular formula is C31H45N9O7. The third-order valence-electron chi connectivity index (χ3n) is 7.82. The van der Waals surface area contributed by atoms with Crippen LogP contribution >= 0.6 is 0 Å². The maximum Gasteiger partial charge on any atom is 0.407 e. The Morgan fingerprint density at radius 2 is 1.91 bits per heavy atom. The number of ether oxygens (including phenoxy) is 2. The molecule has 4 amide bonds. The van der Waals surface area contributed by atoms with Gasteiger partial charge in [0.15, 0.2) is 5.65 Å². The van der Waals surface area contributed by atoms with Crippen molar-refractivity contribution in [3.8, 4) is 6.07 Å². The van der Waals surface area contributed by atoms with E-state index in [1.807, 2.05) is 18.0 Å². The topological polar surface area (TPSA) is 201 Å². The summed E-state index contributed by atoms with van der Waals surface area (Å²) in [7, 11) is 3.09. The van der Waals surface area contributed by atoms with Gasteiger partial charge in [0.25, 0.3) is 0 Å². The van der Waals surface area contributed by atoms with E-state index in [2.05, 4.69) is 32.8 Å². The highest BCUT2D eigenvalue weighted by Gasteiger charge is 2.33. The summed E-state index contributed by atoms with van der Waals surface area (Å²) < 4.78 is 11.3. The highest BCUT2D eigenvalue weighted by molar-refractivity contribution is 5.96. The van der Waals surface area contributed by atoms with E-state index in [1.165, 1.54) is 24.2 Å². The first-order valence-electron chi connectivity index (χ1n) is 15.6. The van der Waals surface area contributed by atoms with E-state index in [9.17, 15) is 24.0 Å². The number of rotatable bonds is 12. The highest BCUT2D eigenvalue weighted by Crippen LogP contribution is 2.29. The fourth-order valence-electron chi connectivity index (χ4n) is 5.35. The van der Waals surface area contributed by atoms with Crippen molar-refractivity contribution in [1.29, 1.82) is 5.26 Å². The maximum atomic E-state index is 13.1. The molecule has 0 aliphatic carbocycles. The summed E-state index contributed by atoms with van der Waals surface area (Å²) in [6, 6.07) is 2.01. The lowest BCUT2D eigenvalue weighted by atomic mass is 9.92. The molecule has 1 unspecified atom stereocenters. The van der Waals surface area contributed by atoms with Crippen LogP contribution in [0.3, 0.4) is 0 Å². The van der Waals surface area contributed by atoms with Crippen molar-refractivity contribution in [2.24, 2.45) is 5.92 Å². The number of alkyl carbamates (subject to hydrolysis) is 1. The van der Waals surface area contributed by atoms with Gasteiger partial charge in [-0.15, -0.1) is 0 Å². The predicted octanol–water partition coefficient (Wildman–Crippen LogP) is 1.93. The molecule has 2 aromatic rings. The number of piperidine rings is 1. The predicted molar refractivity (Wildman–Crippen MR) is 171 cm³/mol. The van der Waals surface area contributed by atoms with Crippen molar-refractivity contribution in [2.45, 2.75) is 77.5 Å². The third-order valence-corrected chi connectivity index (χ3v) is 7.82. The van der Waals surface area contributed by atoms with E-state index in [4.69, 9.17) is 14.7 Å². The van der Waals surface area contributed by atoms with E-state index in [0.29, 0.717) is 49.3 Å². The minimum atomic E-state index is -0.933. The molecule has 3 N–H and O–H groups in total. The molecule has 47 heavy (non-hydrogen) atoms. The molecule has 1 saturated heterocycles. The maximum absolute atomic E-state index is 13.1. The zero-order valence-corrected chi connectivity index (χ0v) is 27.9. The second kappa shape index (κ2) is 16.6. The summed E-state index contributed by atoms with van der Waals surface area (Å²) in [6.45, 7) is 8.35. The van der Waals surface area contributed by atoms with Crippen LogP contribution in [0, 0.1) is 17.2 Å². The highest BCUT2D eigenvalue weighted by atomic mass is 16.6. The number of likely N-dealkylation sites (N-methyl/N-ethyl adjacent to an activating group) is 1. The molecule has 0 saturated carbocycles. The number of carbonyl (C=O) groups is 5. The van der Waals surface area contributed by atoms with Crippen LogP contribution in [0.5, 0.6) is 0 Å². The average Bonchev–Trinajstić information content (AvgIpc) is 3.46. The summed E-state index contributed by atoms with van der Waals surface area (Å²) in [5, 5.41) is 17.3. The lowest BCUT2D eigenvalue weighted by Crippen LogP contribution is -2.52. The molecule has 1 aliphatic heterocycles. The van der Waals surface area contributed by atoms with E-state index >= 15 is 0 Å². The van der Waals surface area contributed by atoms with Crippen molar-refractivity contribution < 1.29 is 33.4 Å². The SMILES string of the molecule is COC(=O)[C@H](CCCCNC(=O)OC(C)(C)C)NC(=O)CNC(=O)n1ccc2c(N(C)C3CN(C(=O)CC#N)CC[C@H]3C)ncnc21. The second-order valence-corrected chi connectivity index (χ2v) is 12.5. The molecule has 3 heterocycles. The quantitative estimate of drug-likeness (QED) is 0.223. The lowest BCUT2D eigenvalue weighted by Gasteiger charge is -2.42. The number of unbranched alkanes of at least 4 members (excludes halogenated alkanes) is 1. The average molecular weight is 656 g/mol. The minimum absolute atomic E-state index is 0.0747. The van der Waals surface area contributed by atoms with Crippen LogP contribution in [-0.4, -0.2) is 107 Å². The Balaban J connectivity index is 1.58. The Kier molecular flexibility index (Phi) is 12.9. The van der Waals surface area contributed by atoms with E-state index in [0.717, 1.165) is 6.42 Å². The Labute approximate surface area is 274 Å². The van der Waals surface area contributed by atoms with Crippen LogP contribution in [0.2, 0.25) is 0 Å². The van der Waals surface area contributed by atoms with Crippen molar-refractivity contribution in [1.82, 2.24) is 35.4 Å². The fraction of sp³-hybridized carbons (Fsp3) is 0.613. The van der Waals surface area contributed by atoms with Crippen molar-refractivity contribution in [3.05, 3.63) is 18.6 Å². The third kappa shape index (κ3) is 10.3. The fourth-order valence-corrected chi connectivity index (χ4v) is 5.35. The molecule has 1 aliphatic rings. The number of hydrogen-bond acceptors (Lipinski definition) is 11. The molecule has 0 spiro atoms. The van der Waals surface area contributed by atoms with Gasteiger partial charge in [-0.25, -0.2) is 24.4 Å². The van der Waals surface area contributed by atoms with Gasteiger partial charge in [-0.1, -0.05) is 6.92 Å². The number of nitrogens with zero attached hydrogens (tertiary/aromatic N) is 6. The Morgan fingerprint density at radius 3 is 2.60 bits per heavy atom. The Morgan fingerprint density at radius 1 is 1.17 bits per heavy atom. The van der Waals surface area contributed by atoms with Crippen molar-refractivity contribution in [3.63, 3.8) is 0 Å². The normalized spacial score (nSPS) is 16.8. The van der Waals surface area contributed by atoms with E-state index < -0.39 is 42.2 Å². The molecular weight excluding hydrogens is 610 g/mol. The standard InChI is InChI=1S/C31H45N9O7/c1-20-11-15-39(25(42)10-13-32)18-23(20)38(5)26-21-12-16-40(27(21)36-19-35-26)29(44)34-17-24(41)37-22(28(43)46-6)9-7-8-14-33-30(45)47-31(2,3)4/h12,16,19-20,22-23H,7-11,14-15,17-18H2,1-6H3,(H,33,45)(H,34,44)(H,37,41)/t20-,22+,23?/m1/s1. The molecule has 256 valence electrons. The number of aromatic nitrogens is 3. The van der Waals surface area contributed by atoms with E-state index in [-0.39, 0.29) is 30.7 Å². The zero-order valence-electron chi connectivity index (χ0n) is 27.9. The smallest absolute Gasteiger partial charge is 0.407 e. The minimum Gasteiger partial charge on any atom is -0.467 e. The first-order valence-corrected chi connectivity index (χ1v) is 15.6. The molecule has 2 aromatic heterocycles. The van der Waals surface area contributed by atoms with Gasteiger partial charge in [0.05, 0.1) is 31.2 Å². The lowest BCUT2D eigenvalue weighted by molar-refractivity contribution is -0.145. The number of hydrogen-bond donors (Lipinski definition) is 3. The van der Waals surface area contributed by atoms with Gasteiger partial charge in [0, 0.05) is 32.9 Å².